The van der Waals surface area contributed by atoms with Crippen molar-refractivity contribution >= 4 is 19.2 Å². The summed E-state index contributed by atoms with van der Waals surface area (Å²) in [4.78, 5) is 20.4. The number of allylic oxidation sites excluding steroid dienone is 3. The minimum absolute atomic E-state index is 0.0896. The van der Waals surface area contributed by atoms with Crippen LogP contribution in [0.2, 0.25) is 0 Å². The lowest BCUT2D eigenvalue weighted by atomic mass is 10.1. The van der Waals surface area contributed by atoms with Crippen molar-refractivity contribution in [2.45, 2.75) is 6.42 Å². The maximum Gasteiger partial charge on any atom is 0.524 e. The number of phosphoric acid groups is 1. The average molecular weight is 293 g/mol. The van der Waals surface area contributed by atoms with Crippen LogP contribution in [0.15, 0.2) is 48.2 Å². The number of phosphoric ester groups is 1. The summed E-state index contributed by atoms with van der Waals surface area (Å²) in [6.07, 6.45) is 5.83. The summed E-state index contributed by atoms with van der Waals surface area (Å²) in [5.74, 6) is 0.0896. The minimum Gasteiger partial charge on any atom is -0.404 e. The maximum absolute atomic E-state index is 10.7. The summed E-state index contributed by atoms with van der Waals surface area (Å²) < 4.78 is 15.1. The monoisotopic (exact) mass is 293 g/mol. The Morgan fingerprint density at radius 3 is 2.45 bits per heavy atom. The van der Waals surface area contributed by atoms with Crippen LogP contribution in [0.25, 0.3) is 5.53 Å². The van der Waals surface area contributed by atoms with E-state index >= 15 is 0 Å². The molecular weight excluding hydrogens is 281 g/mol. The van der Waals surface area contributed by atoms with E-state index in [0.29, 0.717) is 12.1 Å². The second kappa shape index (κ2) is 5.86. The molecule has 8 heteroatoms. The van der Waals surface area contributed by atoms with Gasteiger partial charge in [0, 0.05) is 17.5 Å². The molecule has 0 atom stereocenters. The fraction of sp³-hybridized carbons (Fsp3) is 0.0833. The van der Waals surface area contributed by atoms with E-state index in [1.165, 1.54) is 12.1 Å². The van der Waals surface area contributed by atoms with Crippen LogP contribution < -0.4 is 9.84 Å². The van der Waals surface area contributed by atoms with E-state index in [9.17, 15) is 4.57 Å². The number of nitrogens with one attached hydrogen (secondary N) is 1. The first-order valence-corrected chi connectivity index (χ1v) is 7.21. The standard InChI is InChI=1S/C12H12N3O4P/c13-15-11-3-1-9(2-4-11)14-10-5-7-12(8-6-10)19-20(16,17)18/h1-3,5-8,14H,4H2,(H2,16,17,18). The van der Waals surface area contributed by atoms with Crippen LogP contribution >= 0.6 is 7.82 Å². The number of hydrogen-bond acceptors (Lipinski definition) is 3. The van der Waals surface area contributed by atoms with Gasteiger partial charge >= 0.3 is 7.82 Å². The molecule has 2 rings (SSSR count). The molecule has 7 nitrogen and oxygen atoms in total. The van der Waals surface area contributed by atoms with Gasteiger partial charge in [-0.15, -0.1) is 0 Å². The van der Waals surface area contributed by atoms with Crippen LogP contribution in [-0.2, 0) is 4.57 Å². The predicted octanol–water partition coefficient (Wildman–Crippen LogP) is 2.08. The van der Waals surface area contributed by atoms with Gasteiger partial charge in [-0.2, -0.15) is 4.79 Å². The van der Waals surface area contributed by atoms with Crippen LogP contribution in [0, 0.1) is 0 Å². The van der Waals surface area contributed by atoms with Gasteiger partial charge in [0.05, 0.1) is 6.42 Å². The number of nitrogens with zero attached hydrogens (tertiary/aromatic N) is 2. The molecule has 1 aromatic carbocycles. The molecule has 0 saturated heterocycles. The quantitative estimate of drug-likeness (QED) is 0.446. The van der Waals surface area contributed by atoms with Gasteiger partial charge in [-0.1, -0.05) is 0 Å². The van der Waals surface area contributed by atoms with Crippen molar-refractivity contribution in [1.82, 2.24) is 0 Å². The number of rotatable bonds is 4. The fourth-order valence-electron chi connectivity index (χ4n) is 1.61. The van der Waals surface area contributed by atoms with Gasteiger partial charge in [0.2, 0.25) is 0 Å². The zero-order valence-corrected chi connectivity index (χ0v) is 11.2. The molecule has 0 unspecified atom stereocenters. The van der Waals surface area contributed by atoms with Crippen molar-refractivity contribution in [2.24, 2.45) is 0 Å². The molecule has 0 heterocycles. The predicted molar refractivity (Wildman–Crippen MR) is 73.2 cm³/mol. The molecule has 0 aliphatic heterocycles. The van der Waals surface area contributed by atoms with Crippen LogP contribution in [0.4, 0.5) is 5.69 Å². The minimum atomic E-state index is -4.53. The zero-order valence-electron chi connectivity index (χ0n) is 10.3. The lowest BCUT2D eigenvalue weighted by Gasteiger charge is -2.10. The van der Waals surface area contributed by atoms with Crippen LogP contribution in [0.3, 0.4) is 0 Å². The second-order valence-corrected chi connectivity index (χ2v) is 5.18. The first-order valence-electron chi connectivity index (χ1n) is 5.68. The van der Waals surface area contributed by atoms with E-state index in [0.717, 1.165) is 11.4 Å². The van der Waals surface area contributed by atoms with Crippen molar-refractivity contribution in [2.75, 3.05) is 5.32 Å². The molecule has 1 aromatic rings. The summed E-state index contributed by atoms with van der Waals surface area (Å²) in [5, 5.41) is 3.10. The van der Waals surface area contributed by atoms with E-state index in [2.05, 4.69) is 14.6 Å². The largest absolute Gasteiger partial charge is 0.524 e. The topological polar surface area (TPSA) is 115 Å². The first kappa shape index (κ1) is 14.2. The Morgan fingerprint density at radius 1 is 1.25 bits per heavy atom. The van der Waals surface area contributed by atoms with Gasteiger partial charge < -0.3 is 15.4 Å². The number of anilines is 1. The smallest absolute Gasteiger partial charge is 0.404 e. The van der Waals surface area contributed by atoms with Crippen molar-refractivity contribution in [3.8, 4) is 5.75 Å². The lowest BCUT2D eigenvalue weighted by Crippen LogP contribution is -2.04. The van der Waals surface area contributed by atoms with Gasteiger partial charge in [0.1, 0.15) is 5.75 Å². The molecule has 0 fully saturated rings. The molecule has 0 bridgehead atoms. The highest BCUT2D eigenvalue weighted by Crippen LogP contribution is 2.37. The third kappa shape index (κ3) is 4.19. The molecule has 3 N–H and O–H groups in total. The lowest BCUT2D eigenvalue weighted by molar-refractivity contribution is -0.00540. The Hall–Kier alpha value is -2.17. The van der Waals surface area contributed by atoms with Crippen LogP contribution in [0.5, 0.6) is 5.75 Å². The van der Waals surface area contributed by atoms with Crippen molar-refractivity contribution in [3.05, 3.63) is 53.7 Å². The fourth-order valence-corrected chi connectivity index (χ4v) is 2.00. The highest BCUT2D eigenvalue weighted by atomic mass is 31.2. The molecular formula is C12H12N3O4P. The normalized spacial score (nSPS) is 14.5. The summed E-state index contributed by atoms with van der Waals surface area (Å²) >= 11 is 0. The third-order valence-corrected chi connectivity index (χ3v) is 2.93. The Morgan fingerprint density at radius 2 is 1.95 bits per heavy atom. The Kier molecular flexibility index (Phi) is 4.17. The van der Waals surface area contributed by atoms with E-state index in [-0.39, 0.29) is 5.75 Å². The van der Waals surface area contributed by atoms with Crippen molar-refractivity contribution in [3.63, 3.8) is 0 Å². The second-order valence-electron chi connectivity index (χ2n) is 4.02. The van der Waals surface area contributed by atoms with E-state index < -0.39 is 7.82 Å². The van der Waals surface area contributed by atoms with Gasteiger partial charge in [-0.3, -0.25) is 9.79 Å². The molecule has 0 amide bonds. The summed E-state index contributed by atoms with van der Waals surface area (Å²) in [5.41, 5.74) is 10.7. The Labute approximate surface area is 115 Å². The van der Waals surface area contributed by atoms with Crippen LogP contribution in [-0.4, -0.2) is 20.3 Å². The zero-order chi connectivity index (χ0) is 14.6. The molecule has 0 aromatic heterocycles. The molecule has 20 heavy (non-hydrogen) atoms. The van der Waals surface area contributed by atoms with Crippen molar-refractivity contribution in [1.29, 1.82) is 0 Å². The van der Waals surface area contributed by atoms with Gasteiger partial charge in [0.15, 0.2) is 0 Å². The highest BCUT2D eigenvalue weighted by Gasteiger charge is 2.15. The SMILES string of the molecule is [N-]=[N+]=C1C=CC(Nc2ccc(OP(=O)(O)O)cc2)=CC1. The maximum atomic E-state index is 10.7. The molecule has 0 saturated carbocycles. The summed E-state index contributed by atoms with van der Waals surface area (Å²) in [6, 6.07) is 6.18. The van der Waals surface area contributed by atoms with Crippen LogP contribution in [0.1, 0.15) is 6.42 Å². The number of benzene rings is 1. The van der Waals surface area contributed by atoms with Gasteiger partial charge in [-0.25, -0.2) is 4.57 Å². The average Bonchev–Trinajstić information content (AvgIpc) is 2.40. The molecule has 1 aliphatic carbocycles. The van der Waals surface area contributed by atoms with Gasteiger partial charge in [-0.05, 0) is 36.4 Å². The highest BCUT2D eigenvalue weighted by molar-refractivity contribution is 7.46. The summed E-state index contributed by atoms with van der Waals surface area (Å²) in [7, 11) is -4.53. The Bertz CT molecular complexity index is 654. The number of hydrogen-bond donors (Lipinski definition) is 3. The molecule has 0 radical (unpaired) electrons. The third-order valence-electron chi connectivity index (χ3n) is 2.48. The van der Waals surface area contributed by atoms with E-state index in [1.807, 2.05) is 6.08 Å². The summed E-state index contributed by atoms with van der Waals surface area (Å²) in [6.45, 7) is 0. The first-order chi connectivity index (χ1) is 9.46. The van der Waals surface area contributed by atoms with E-state index in [1.54, 1.807) is 24.3 Å². The van der Waals surface area contributed by atoms with Crippen molar-refractivity contribution < 1.29 is 23.7 Å². The Balaban J connectivity index is 2.02. The molecule has 1 aliphatic rings. The molecule has 0 spiro atoms. The van der Waals surface area contributed by atoms with Gasteiger partial charge in [0.25, 0.3) is 5.71 Å². The van der Waals surface area contributed by atoms with E-state index in [4.69, 9.17) is 15.3 Å². The molecule has 104 valence electrons.